The van der Waals surface area contributed by atoms with Crippen LogP contribution in [-0.2, 0) is 0 Å². The zero-order valence-electron chi connectivity index (χ0n) is 10.9. The summed E-state index contributed by atoms with van der Waals surface area (Å²) >= 11 is 0. The summed E-state index contributed by atoms with van der Waals surface area (Å²) in [6, 6.07) is 9.98. The molecule has 0 fully saturated rings. The van der Waals surface area contributed by atoms with Gasteiger partial charge in [0, 0.05) is 16.7 Å². The summed E-state index contributed by atoms with van der Waals surface area (Å²) < 4.78 is 0. The SMILES string of the molecule is C/C=C1\C(=O)c2cc(C#N)c(C#N)cc2C1=C(C#N)C#N. The number of ketones is 1. The first-order valence-electron chi connectivity index (χ1n) is 5.87. The normalized spacial score (nSPS) is 13.9. The first-order valence-corrected chi connectivity index (χ1v) is 5.87. The monoisotopic (exact) mass is 270 g/mol. The van der Waals surface area contributed by atoms with Crippen LogP contribution in [0.2, 0.25) is 0 Å². The minimum absolute atomic E-state index is 0.0942. The van der Waals surface area contributed by atoms with Crippen LogP contribution in [0.3, 0.4) is 0 Å². The number of nitriles is 4. The molecule has 5 heteroatoms. The fourth-order valence-corrected chi connectivity index (χ4v) is 2.26. The van der Waals surface area contributed by atoms with E-state index in [1.165, 1.54) is 18.2 Å². The lowest BCUT2D eigenvalue weighted by molar-refractivity contribution is 0.104. The molecule has 1 aromatic carbocycles. The van der Waals surface area contributed by atoms with Crippen LogP contribution in [-0.4, -0.2) is 5.78 Å². The van der Waals surface area contributed by atoms with Crippen molar-refractivity contribution in [1.82, 2.24) is 0 Å². The average molecular weight is 270 g/mol. The van der Waals surface area contributed by atoms with E-state index in [9.17, 15) is 4.79 Å². The lowest BCUT2D eigenvalue weighted by Gasteiger charge is -2.02. The van der Waals surface area contributed by atoms with Crippen LogP contribution in [0, 0.1) is 45.3 Å². The Kier molecular flexibility index (Phi) is 3.37. The van der Waals surface area contributed by atoms with Crippen molar-refractivity contribution in [3.05, 3.63) is 51.6 Å². The highest BCUT2D eigenvalue weighted by atomic mass is 16.1. The van der Waals surface area contributed by atoms with Gasteiger partial charge in [0.15, 0.2) is 5.78 Å². The van der Waals surface area contributed by atoms with Crippen molar-refractivity contribution in [2.24, 2.45) is 0 Å². The van der Waals surface area contributed by atoms with Crippen molar-refractivity contribution in [1.29, 1.82) is 21.0 Å². The quantitative estimate of drug-likeness (QED) is 0.530. The van der Waals surface area contributed by atoms with Crippen molar-refractivity contribution >= 4 is 11.4 Å². The van der Waals surface area contributed by atoms with E-state index in [1.54, 1.807) is 19.1 Å². The lowest BCUT2D eigenvalue weighted by Crippen LogP contribution is -1.96. The van der Waals surface area contributed by atoms with E-state index in [1.807, 2.05) is 12.1 Å². The third-order valence-corrected chi connectivity index (χ3v) is 3.19. The highest BCUT2D eigenvalue weighted by Crippen LogP contribution is 2.39. The Hall–Kier alpha value is -3.67. The van der Waals surface area contributed by atoms with Crippen LogP contribution in [0.4, 0.5) is 0 Å². The molecule has 2 rings (SSSR count). The molecule has 0 aliphatic heterocycles. The second kappa shape index (κ2) is 5.14. The second-order valence-electron chi connectivity index (χ2n) is 4.17. The van der Waals surface area contributed by atoms with Crippen molar-refractivity contribution in [2.75, 3.05) is 0 Å². The van der Waals surface area contributed by atoms with Crippen molar-refractivity contribution < 1.29 is 4.79 Å². The van der Waals surface area contributed by atoms with Crippen LogP contribution in [0.5, 0.6) is 0 Å². The number of benzene rings is 1. The smallest absolute Gasteiger partial charge is 0.194 e. The van der Waals surface area contributed by atoms with Gasteiger partial charge in [-0.1, -0.05) is 6.08 Å². The molecule has 0 N–H and O–H groups in total. The van der Waals surface area contributed by atoms with Gasteiger partial charge in [0.25, 0.3) is 0 Å². The number of carbonyl (C=O) groups excluding carboxylic acids is 1. The number of hydrogen-bond donors (Lipinski definition) is 0. The number of carbonyl (C=O) groups is 1. The molecule has 0 heterocycles. The first-order chi connectivity index (χ1) is 10.1. The van der Waals surface area contributed by atoms with Gasteiger partial charge < -0.3 is 0 Å². The van der Waals surface area contributed by atoms with Crippen molar-refractivity contribution in [3.63, 3.8) is 0 Å². The molecule has 1 aliphatic carbocycles. The Morgan fingerprint density at radius 2 is 1.52 bits per heavy atom. The molecular formula is C16H6N4O. The van der Waals surface area contributed by atoms with Gasteiger partial charge in [-0.15, -0.1) is 0 Å². The zero-order chi connectivity index (χ0) is 15.6. The van der Waals surface area contributed by atoms with Gasteiger partial charge in [-0.3, -0.25) is 4.79 Å². The van der Waals surface area contributed by atoms with Crippen molar-refractivity contribution in [2.45, 2.75) is 6.92 Å². The molecule has 0 saturated carbocycles. The number of Topliss-reactive ketones (excluding diaryl/α,β-unsaturated/α-hetero) is 1. The maximum atomic E-state index is 12.3. The predicted molar refractivity (Wildman–Crippen MR) is 72.1 cm³/mol. The van der Waals surface area contributed by atoms with Gasteiger partial charge in [0.1, 0.15) is 29.8 Å². The van der Waals surface area contributed by atoms with E-state index in [-0.39, 0.29) is 39.2 Å². The molecule has 0 saturated heterocycles. The summed E-state index contributed by atoms with van der Waals surface area (Å²) in [5.41, 5.74) is 1.05. The number of rotatable bonds is 0. The molecule has 0 radical (unpaired) electrons. The Morgan fingerprint density at radius 1 is 1.00 bits per heavy atom. The van der Waals surface area contributed by atoms with E-state index in [0.717, 1.165) is 0 Å². The fourth-order valence-electron chi connectivity index (χ4n) is 2.26. The standard InChI is InChI=1S/C16H6N4O/c1-2-12-15(11(7-19)8-20)13-3-9(5-17)10(6-18)4-14(13)16(12)21/h2-4H,1H3/b12-2-. The van der Waals surface area contributed by atoms with Gasteiger partial charge in [0.05, 0.1) is 11.1 Å². The Morgan fingerprint density at radius 3 is 1.95 bits per heavy atom. The highest BCUT2D eigenvalue weighted by Gasteiger charge is 2.33. The molecule has 0 amide bonds. The van der Waals surface area contributed by atoms with E-state index in [4.69, 9.17) is 21.0 Å². The Balaban J connectivity index is 2.97. The maximum Gasteiger partial charge on any atom is 0.194 e. The second-order valence-corrected chi connectivity index (χ2v) is 4.17. The van der Waals surface area contributed by atoms with Gasteiger partial charge in [-0.05, 0) is 24.6 Å². The number of nitrogens with zero attached hydrogens (tertiary/aromatic N) is 4. The molecular weight excluding hydrogens is 264 g/mol. The van der Waals surface area contributed by atoms with Crippen LogP contribution < -0.4 is 0 Å². The molecule has 0 unspecified atom stereocenters. The molecule has 96 valence electrons. The van der Waals surface area contributed by atoms with Crippen LogP contribution >= 0.6 is 0 Å². The third-order valence-electron chi connectivity index (χ3n) is 3.19. The molecule has 21 heavy (non-hydrogen) atoms. The Bertz CT molecular complexity index is 890. The van der Waals surface area contributed by atoms with Gasteiger partial charge in [0.2, 0.25) is 0 Å². The molecule has 0 atom stereocenters. The topological polar surface area (TPSA) is 112 Å². The molecule has 0 bridgehead atoms. The molecule has 0 spiro atoms. The predicted octanol–water partition coefficient (Wildman–Crippen LogP) is 2.37. The summed E-state index contributed by atoms with van der Waals surface area (Å²) in [5.74, 6) is -0.355. The molecule has 0 aromatic heterocycles. The van der Waals surface area contributed by atoms with E-state index < -0.39 is 0 Å². The summed E-state index contributed by atoms with van der Waals surface area (Å²) in [5, 5.41) is 36.2. The Labute approximate surface area is 120 Å². The minimum atomic E-state index is -0.355. The number of allylic oxidation sites excluding steroid dienone is 4. The number of hydrogen-bond acceptors (Lipinski definition) is 5. The van der Waals surface area contributed by atoms with Gasteiger partial charge in [-0.2, -0.15) is 21.0 Å². The lowest BCUT2D eigenvalue weighted by atomic mass is 9.96. The van der Waals surface area contributed by atoms with Gasteiger partial charge in [-0.25, -0.2) is 0 Å². The number of fused-ring (bicyclic) bond motifs is 1. The van der Waals surface area contributed by atoms with E-state index in [0.29, 0.717) is 5.56 Å². The van der Waals surface area contributed by atoms with E-state index in [2.05, 4.69) is 0 Å². The average Bonchev–Trinajstić information content (AvgIpc) is 2.79. The van der Waals surface area contributed by atoms with Crippen LogP contribution in [0.25, 0.3) is 5.57 Å². The summed E-state index contributed by atoms with van der Waals surface area (Å²) in [6.45, 7) is 1.63. The van der Waals surface area contributed by atoms with Gasteiger partial charge >= 0.3 is 0 Å². The summed E-state index contributed by atoms with van der Waals surface area (Å²) in [4.78, 5) is 12.3. The molecule has 5 nitrogen and oxygen atoms in total. The summed E-state index contributed by atoms with van der Waals surface area (Å²) in [7, 11) is 0. The van der Waals surface area contributed by atoms with Crippen LogP contribution in [0.15, 0.2) is 29.4 Å². The van der Waals surface area contributed by atoms with E-state index >= 15 is 0 Å². The van der Waals surface area contributed by atoms with Crippen molar-refractivity contribution in [3.8, 4) is 24.3 Å². The maximum absolute atomic E-state index is 12.3. The first kappa shape index (κ1) is 13.8. The van der Waals surface area contributed by atoms with Crippen LogP contribution in [0.1, 0.15) is 34.0 Å². The highest BCUT2D eigenvalue weighted by molar-refractivity contribution is 6.27. The summed E-state index contributed by atoms with van der Waals surface area (Å²) in [6.07, 6.45) is 1.52. The largest absolute Gasteiger partial charge is 0.289 e. The molecule has 1 aromatic rings. The fraction of sp³-hybridized carbons (Fsp3) is 0.0625. The molecule has 1 aliphatic rings. The third kappa shape index (κ3) is 1.87. The minimum Gasteiger partial charge on any atom is -0.289 e. The zero-order valence-corrected chi connectivity index (χ0v) is 10.9.